The molecule has 0 saturated carbocycles. The van der Waals surface area contributed by atoms with Crippen LogP contribution in [0.25, 0.3) is 10.9 Å². The molecule has 6 heteroatoms. The van der Waals surface area contributed by atoms with E-state index in [0.717, 1.165) is 0 Å². The van der Waals surface area contributed by atoms with Crippen LogP contribution in [0.2, 0.25) is 0 Å². The van der Waals surface area contributed by atoms with Crippen molar-refractivity contribution in [1.82, 2.24) is 9.66 Å². The van der Waals surface area contributed by atoms with Gasteiger partial charge in [0, 0.05) is 6.42 Å². The number of ether oxygens (including phenoxy) is 1. The zero-order valence-electron chi connectivity index (χ0n) is 15.4. The second-order valence-corrected chi connectivity index (χ2v) is 7.41. The van der Waals surface area contributed by atoms with Crippen LogP contribution < -0.4 is 10.6 Å². The minimum absolute atomic E-state index is 0.138. The van der Waals surface area contributed by atoms with Gasteiger partial charge in [0.05, 0.1) is 23.0 Å². The van der Waals surface area contributed by atoms with Gasteiger partial charge in [-0.1, -0.05) is 26.0 Å². The molecule has 2 aromatic rings. The SMILES string of the molecule is CCOC(=O)[C@@H]1N(n2c(CC(C)C)nc3ccccc3c2=O)C1(C)C. The molecule has 0 N–H and O–H groups in total. The molecule has 1 aliphatic heterocycles. The summed E-state index contributed by atoms with van der Waals surface area (Å²) in [7, 11) is 0. The van der Waals surface area contributed by atoms with Crippen LogP contribution in [-0.2, 0) is 16.0 Å². The highest BCUT2D eigenvalue weighted by Gasteiger charge is 2.63. The van der Waals surface area contributed by atoms with Gasteiger partial charge >= 0.3 is 5.97 Å². The summed E-state index contributed by atoms with van der Waals surface area (Å²) in [6.07, 6.45) is 0.655. The first-order valence-corrected chi connectivity index (χ1v) is 8.76. The Kier molecular flexibility index (Phi) is 4.31. The van der Waals surface area contributed by atoms with E-state index in [1.165, 1.54) is 0 Å². The molecule has 1 aromatic carbocycles. The van der Waals surface area contributed by atoms with Crippen LogP contribution >= 0.6 is 0 Å². The average Bonchev–Trinajstić information content (AvgIpc) is 3.09. The molecule has 0 unspecified atom stereocenters. The molecule has 2 heterocycles. The maximum atomic E-state index is 13.2. The van der Waals surface area contributed by atoms with Crippen LogP contribution in [0.4, 0.5) is 0 Å². The van der Waals surface area contributed by atoms with Gasteiger partial charge in [-0.15, -0.1) is 0 Å². The van der Waals surface area contributed by atoms with E-state index in [1.54, 1.807) is 22.7 Å². The molecule has 0 aliphatic carbocycles. The van der Waals surface area contributed by atoms with Crippen molar-refractivity contribution in [2.75, 3.05) is 11.6 Å². The van der Waals surface area contributed by atoms with Crippen molar-refractivity contribution >= 4 is 16.9 Å². The zero-order valence-corrected chi connectivity index (χ0v) is 15.4. The number of hydrogen-bond donors (Lipinski definition) is 0. The van der Waals surface area contributed by atoms with Crippen LogP contribution in [0.3, 0.4) is 0 Å². The summed E-state index contributed by atoms with van der Waals surface area (Å²) in [6.45, 7) is 10.2. The van der Waals surface area contributed by atoms with Gasteiger partial charge in [-0.2, -0.15) is 0 Å². The zero-order chi connectivity index (χ0) is 18.4. The van der Waals surface area contributed by atoms with Crippen LogP contribution in [0.5, 0.6) is 0 Å². The fraction of sp³-hybridized carbons (Fsp3) is 0.526. The number of nitrogens with zero attached hydrogens (tertiary/aromatic N) is 3. The normalized spacial score (nSPS) is 18.6. The molecule has 0 radical (unpaired) electrons. The van der Waals surface area contributed by atoms with E-state index in [9.17, 15) is 9.59 Å². The Hall–Kier alpha value is -2.37. The number of carbonyl (C=O) groups is 1. The fourth-order valence-electron chi connectivity index (χ4n) is 3.34. The number of para-hydroxylation sites is 1. The number of hydrogen-bond acceptors (Lipinski definition) is 5. The first-order valence-electron chi connectivity index (χ1n) is 8.76. The molecule has 1 saturated heterocycles. The van der Waals surface area contributed by atoms with Gasteiger partial charge in [0.2, 0.25) is 0 Å². The molecule has 134 valence electrons. The summed E-state index contributed by atoms with van der Waals surface area (Å²) in [5.74, 6) is 0.713. The molecule has 1 atom stereocenters. The Morgan fingerprint density at radius 3 is 2.64 bits per heavy atom. The summed E-state index contributed by atoms with van der Waals surface area (Å²) >= 11 is 0. The Balaban J connectivity index is 2.16. The van der Waals surface area contributed by atoms with Gasteiger partial charge in [-0.25, -0.2) is 14.5 Å². The number of benzene rings is 1. The van der Waals surface area contributed by atoms with E-state index in [1.807, 2.05) is 32.0 Å². The van der Waals surface area contributed by atoms with E-state index >= 15 is 0 Å². The van der Waals surface area contributed by atoms with Crippen molar-refractivity contribution in [3.8, 4) is 0 Å². The van der Waals surface area contributed by atoms with E-state index in [-0.39, 0.29) is 11.5 Å². The fourth-order valence-corrected chi connectivity index (χ4v) is 3.34. The Morgan fingerprint density at radius 2 is 2.00 bits per heavy atom. The quantitative estimate of drug-likeness (QED) is 0.615. The lowest BCUT2D eigenvalue weighted by Crippen LogP contribution is -2.37. The molecule has 3 rings (SSSR count). The highest BCUT2D eigenvalue weighted by Crippen LogP contribution is 2.39. The van der Waals surface area contributed by atoms with Crippen molar-refractivity contribution in [3.63, 3.8) is 0 Å². The highest BCUT2D eigenvalue weighted by atomic mass is 16.5. The summed E-state index contributed by atoms with van der Waals surface area (Å²) in [5, 5.41) is 2.35. The minimum atomic E-state index is -0.480. The molecule has 25 heavy (non-hydrogen) atoms. The molecular weight excluding hydrogens is 318 g/mol. The maximum Gasteiger partial charge on any atom is 0.332 e. The monoisotopic (exact) mass is 343 g/mol. The van der Waals surface area contributed by atoms with Crippen LogP contribution in [0.1, 0.15) is 40.4 Å². The molecule has 1 aromatic heterocycles. The summed E-state index contributed by atoms with van der Waals surface area (Å²) in [5.41, 5.74) is 0.0687. The van der Waals surface area contributed by atoms with Crippen LogP contribution in [0.15, 0.2) is 29.1 Å². The van der Waals surface area contributed by atoms with Crippen molar-refractivity contribution in [2.45, 2.75) is 52.6 Å². The van der Waals surface area contributed by atoms with Gasteiger partial charge in [0.15, 0.2) is 6.04 Å². The average molecular weight is 343 g/mol. The molecule has 0 bridgehead atoms. The predicted molar refractivity (Wildman–Crippen MR) is 97.3 cm³/mol. The van der Waals surface area contributed by atoms with Crippen molar-refractivity contribution in [3.05, 3.63) is 40.4 Å². The molecule has 1 aliphatic rings. The molecular formula is C19H25N3O3. The summed E-state index contributed by atoms with van der Waals surface area (Å²) < 4.78 is 6.77. The van der Waals surface area contributed by atoms with E-state index < -0.39 is 11.6 Å². The first kappa shape index (κ1) is 17.5. The van der Waals surface area contributed by atoms with Gasteiger partial charge in [0.25, 0.3) is 5.56 Å². The topological polar surface area (TPSA) is 64.2 Å². The van der Waals surface area contributed by atoms with E-state index in [2.05, 4.69) is 13.8 Å². The lowest BCUT2D eigenvalue weighted by atomic mass is 10.1. The van der Waals surface area contributed by atoms with Crippen molar-refractivity contribution in [2.24, 2.45) is 5.92 Å². The number of aromatic nitrogens is 2. The number of fused-ring (bicyclic) bond motifs is 1. The van der Waals surface area contributed by atoms with Crippen molar-refractivity contribution in [1.29, 1.82) is 0 Å². The summed E-state index contributed by atoms with van der Waals surface area (Å²) in [4.78, 5) is 30.2. The molecule has 0 amide bonds. The Bertz CT molecular complexity index is 870. The predicted octanol–water partition coefficient (Wildman–Crippen LogP) is 2.26. The van der Waals surface area contributed by atoms with E-state index in [4.69, 9.17) is 9.72 Å². The van der Waals surface area contributed by atoms with Gasteiger partial charge in [-0.05, 0) is 38.8 Å². The first-order chi connectivity index (χ1) is 11.8. The highest BCUT2D eigenvalue weighted by molar-refractivity contribution is 5.86. The lowest BCUT2D eigenvalue weighted by molar-refractivity contribution is -0.142. The second-order valence-electron chi connectivity index (χ2n) is 7.41. The number of esters is 1. The third-order valence-corrected chi connectivity index (χ3v) is 4.57. The maximum absolute atomic E-state index is 13.2. The number of carbonyl (C=O) groups excluding carboxylic acids is 1. The van der Waals surface area contributed by atoms with Gasteiger partial charge < -0.3 is 4.74 Å². The molecule has 1 fully saturated rings. The lowest BCUT2D eigenvalue weighted by Gasteiger charge is -2.18. The van der Waals surface area contributed by atoms with Crippen LogP contribution in [0, 0.1) is 5.92 Å². The third-order valence-electron chi connectivity index (χ3n) is 4.57. The Labute approximate surface area is 147 Å². The number of rotatable bonds is 5. The largest absolute Gasteiger partial charge is 0.464 e. The van der Waals surface area contributed by atoms with Gasteiger partial charge in [-0.3, -0.25) is 9.80 Å². The second kappa shape index (κ2) is 6.17. The third kappa shape index (κ3) is 2.90. The van der Waals surface area contributed by atoms with Crippen molar-refractivity contribution < 1.29 is 9.53 Å². The standard InChI is InChI=1S/C19H25N3O3/c1-6-25-18(24)16-19(4,5)22(16)21-15(11-12(2)3)20-14-10-8-7-9-13(14)17(21)23/h7-10,12,16H,6,11H2,1-5H3/t16-,22?/m0/s1. The van der Waals surface area contributed by atoms with Gasteiger partial charge in [0.1, 0.15) is 5.82 Å². The van der Waals surface area contributed by atoms with E-state index in [0.29, 0.717) is 35.7 Å². The molecule has 0 spiro atoms. The van der Waals surface area contributed by atoms with Crippen LogP contribution in [-0.4, -0.2) is 33.8 Å². The smallest absolute Gasteiger partial charge is 0.332 e. The Morgan fingerprint density at radius 1 is 1.32 bits per heavy atom. The minimum Gasteiger partial charge on any atom is -0.464 e. The summed E-state index contributed by atoms with van der Waals surface area (Å²) in [6, 6.07) is 6.85. The molecule has 6 nitrogen and oxygen atoms in total.